The van der Waals surface area contributed by atoms with Gasteiger partial charge in [0, 0.05) is 19.5 Å². The molecule has 2 aromatic carbocycles. The Labute approximate surface area is 190 Å². The number of methoxy groups -OCH3 is 1. The topological polar surface area (TPSA) is 72.6 Å². The highest BCUT2D eigenvalue weighted by molar-refractivity contribution is 5.84. The molecule has 0 unspecified atom stereocenters. The Bertz CT molecular complexity index is 981. The highest BCUT2D eigenvalue weighted by Gasteiger charge is 2.42. The number of carbonyl (C=O) groups excluding carboxylic acids is 2. The van der Waals surface area contributed by atoms with Crippen molar-refractivity contribution in [3.05, 3.63) is 66.2 Å². The van der Waals surface area contributed by atoms with Crippen LogP contribution in [0.2, 0.25) is 0 Å². The maximum absolute atomic E-state index is 12.9. The molecule has 0 aromatic heterocycles. The van der Waals surface area contributed by atoms with Crippen LogP contribution < -0.4 is 10.5 Å². The van der Waals surface area contributed by atoms with Crippen LogP contribution in [-0.4, -0.2) is 36.9 Å². The van der Waals surface area contributed by atoms with Gasteiger partial charge in [0.1, 0.15) is 5.75 Å². The van der Waals surface area contributed by atoms with Crippen LogP contribution in [0.3, 0.4) is 0 Å². The minimum Gasteiger partial charge on any atom is -0.497 e. The van der Waals surface area contributed by atoms with E-state index in [2.05, 4.69) is 36.4 Å². The molecular weight excluding hydrogens is 400 g/mol. The van der Waals surface area contributed by atoms with Crippen LogP contribution in [0.15, 0.2) is 60.7 Å². The first-order valence-corrected chi connectivity index (χ1v) is 11.5. The second-order valence-electron chi connectivity index (χ2n) is 9.14. The number of allylic oxidation sites excluding steroid dienone is 2. The fraction of sp³-hybridized carbons (Fsp3) is 0.407. The van der Waals surface area contributed by atoms with Crippen LogP contribution in [-0.2, 0) is 16.0 Å². The van der Waals surface area contributed by atoms with Gasteiger partial charge in [0.15, 0.2) is 0 Å². The van der Waals surface area contributed by atoms with Crippen molar-refractivity contribution in [2.24, 2.45) is 17.1 Å². The van der Waals surface area contributed by atoms with Gasteiger partial charge in [-0.25, -0.2) is 0 Å². The van der Waals surface area contributed by atoms with E-state index in [4.69, 9.17) is 10.5 Å². The molecule has 4 rings (SSSR count). The number of ether oxygens (including phenoxy) is 1. The molecule has 0 radical (unpaired) electrons. The number of nitrogens with two attached hydrogens (primary N) is 1. The number of hydrogen-bond acceptors (Lipinski definition) is 3. The molecule has 2 N–H and O–H groups in total. The molecule has 0 bridgehead atoms. The second kappa shape index (κ2) is 9.60. The molecule has 1 saturated heterocycles. The molecule has 5 nitrogen and oxygen atoms in total. The average molecular weight is 433 g/mol. The quantitative estimate of drug-likeness (QED) is 0.661. The van der Waals surface area contributed by atoms with E-state index < -0.39 is 5.41 Å². The Morgan fingerprint density at radius 2 is 1.78 bits per heavy atom. The smallest absolute Gasteiger partial charge is 0.225 e. The van der Waals surface area contributed by atoms with Crippen molar-refractivity contribution < 1.29 is 14.3 Å². The number of rotatable bonds is 7. The highest BCUT2D eigenvalue weighted by atomic mass is 16.5. The third-order valence-corrected chi connectivity index (χ3v) is 6.92. The third-order valence-electron chi connectivity index (χ3n) is 6.92. The summed E-state index contributed by atoms with van der Waals surface area (Å²) in [6.45, 7) is 1.12. The number of hydrogen-bond donors (Lipinski definition) is 1. The van der Waals surface area contributed by atoms with Crippen LogP contribution in [0.25, 0.3) is 11.1 Å². The molecule has 1 aliphatic heterocycles. The first-order valence-electron chi connectivity index (χ1n) is 11.5. The van der Waals surface area contributed by atoms with Gasteiger partial charge < -0.3 is 15.4 Å². The second-order valence-corrected chi connectivity index (χ2v) is 9.14. The fourth-order valence-electron chi connectivity index (χ4n) is 4.99. The number of nitrogens with zero attached hydrogens (tertiary/aromatic N) is 1. The molecule has 2 atom stereocenters. The summed E-state index contributed by atoms with van der Waals surface area (Å²) in [5.74, 6) is 0.990. The Kier molecular flexibility index (Phi) is 6.63. The Hall–Kier alpha value is -3.08. The van der Waals surface area contributed by atoms with Crippen molar-refractivity contribution in [2.75, 3.05) is 20.2 Å². The van der Waals surface area contributed by atoms with Gasteiger partial charge in [-0.3, -0.25) is 9.59 Å². The van der Waals surface area contributed by atoms with Gasteiger partial charge in [-0.1, -0.05) is 48.6 Å². The van der Waals surface area contributed by atoms with E-state index >= 15 is 0 Å². The molecule has 1 fully saturated rings. The zero-order chi connectivity index (χ0) is 22.6. The number of benzene rings is 2. The van der Waals surface area contributed by atoms with Gasteiger partial charge in [0.25, 0.3) is 0 Å². The zero-order valence-electron chi connectivity index (χ0n) is 18.8. The number of likely N-dealkylation sites (tertiary alicyclic amines) is 1. The standard InChI is InChI=1S/C27H32N2O3/c1-32-24-13-11-23(12-14-24)22-9-7-21(8-10-22)18-27(26(28)31)15-4-16-29(19-27)25(30)17-20-5-2-3-6-20/h2,5,7-14,20H,3-4,6,15-19H2,1H3,(H2,28,31)/t20-,27-/m0/s1. The Balaban J connectivity index is 1.46. The first kappa shape index (κ1) is 22.1. The largest absolute Gasteiger partial charge is 0.497 e. The van der Waals surface area contributed by atoms with Crippen molar-refractivity contribution in [3.63, 3.8) is 0 Å². The maximum Gasteiger partial charge on any atom is 0.225 e. The van der Waals surface area contributed by atoms with E-state index in [-0.39, 0.29) is 11.8 Å². The van der Waals surface area contributed by atoms with E-state index in [9.17, 15) is 9.59 Å². The van der Waals surface area contributed by atoms with Gasteiger partial charge in [0.2, 0.25) is 11.8 Å². The lowest BCUT2D eigenvalue weighted by Crippen LogP contribution is -2.53. The number of piperidine rings is 1. The van der Waals surface area contributed by atoms with Crippen molar-refractivity contribution in [2.45, 2.75) is 38.5 Å². The summed E-state index contributed by atoms with van der Waals surface area (Å²) < 4.78 is 5.23. The van der Waals surface area contributed by atoms with Crippen molar-refractivity contribution in [1.82, 2.24) is 4.90 Å². The lowest BCUT2D eigenvalue weighted by molar-refractivity contribution is -0.140. The average Bonchev–Trinajstić information content (AvgIpc) is 3.33. The molecule has 0 spiro atoms. The van der Waals surface area contributed by atoms with E-state index in [0.717, 1.165) is 48.1 Å². The molecule has 5 heteroatoms. The first-order chi connectivity index (χ1) is 15.5. The zero-order valence-corrected chi connectivity index (χ0v) is 18.8. The SMILES string of the molecule is COc1ccc(-c2ccc(C[C@@]3(C(N)=O)CCCN(C(=O)C[C@H]4C=CCC4)C3)cc2)cc1. The predicted molar refractivity (Wildman–Crippen MR) is 126 cm³/mol. The van der Waals surface area contributed by atoms with Crippen LogP contribution in [0.5, 0.6) is 5.75 Å². The predicted octanol–water partition coefficient (Wildman–Crippen LogP) is 4.36. The molecule has 1 heterocycles. The third kappa shape index (κ3) is 4.87. The molecule has 0 saturated carbocycles. The molecule has 2 aliphatic rings. The normalized spacial score (nSPS) is 22.7. The van der Waals surface area contributed by atoms with Gasteiger partial charge >= 0.3 is 0 Å². The van der Waals surface area contributed by atoms with E-state index in [0.29, 0.717) is 31.8 Å². The lowest BCUT2D eigenvalue weighted by Gasteiger charge is -2.41. The van der Waals surface area contributed by atoms with Crippen LogP contribution >= 0.6 is 0 Å². The van der Waals surface area contributed by atoms with Gasteiger partial charge in [0.05, 0.1) is 12.5 Å². The minimum absolute atomic E-state index is 0.140. The molecule has 168 valence electrons. The number of carbonyl (C=O) groups is 2. The summed E-state index contributed by atoms with van der Waals surface area (Å²) in [6, 6.07) is 16.2. The fourth-order valence-corrected chi connectivity index (χ4v) is 4.99. The van der Waals surface area contributed by atoms with Gasteiger partial charge in [-0.2, -0.15) is 0 Å². The Morgan fingerprint density at radius 1 is 1.09 bits per heavy atom. The number of amides is 2. The maximum atomic E-state index is 12.9. The molecule has 32 heavy (non-hydrogen) atoms. The monoisotopic (exact) mass is 432 g/mol. The Morgan fingerprint density at radius 3 is 2.38 bits per heavy atom. The summed E-state index contributed by atoms with van der Waals surface area (Å²) >= 11 is 0. The summed E-state index contributed by atoms with van der Waals surface area (Å²) in [6.07, 6.45) is 9.00. The van der Waals surface area contributed by atoms with Crippen LogP contribution in [0.1, 0.15) is 37.7 Å². The van der Waals surface area contributed by atoms with Gasteiger partial charge in [-0.05, 0) is 66.8 Å². The van der Waals surface area contributed by atoms with Crippen molar-refractivity contribution >= 4 is 11.8 Å². The minimum atomic E-state index is -0.707. The molecule has 2 aromatic rings. The van der Waals surface area contributed by atoms with Crippen LogP contribution in [0, 0.1) is 11.3 Å². The van der Waals surface area contributed by atoms with E-state index in [1.54, 1.807) is 7.11 Å². The van der Waals surface area contributed by atoms with Crippen molar-refractivity contribution in [1.29, 1.82) is 0 Å². The summed E-state index contributed by atoms with van der Waals surface area (Å²) in [7, 11) is 1.66. The van der Waals surface area contributed by atoms with E-state index in [1.807, 2.05) is 29.2 Å². The van der Waals surface area contributed by atoms with Crippen LogP contribution in [0.4, 0.5) is 0 Å². The molecular formula is C27H32N2O3. The van der Waals surface area contributed by atoms with Crippen molar-refractivity contribution in [3.8, 4) is 16.9 Å². The summed E-state index contributed by atoms with van der Waals surface area (Å²) in [4.78, 5) is 27.4. The highest BCUT2D eigenvalue weighted by Crippen LogP contribution is 2.35. The summed E-state index contributed by atoms with van der Waals surface area (Å²) in [5, 5.41) is 0. The van der Waals surface area contributed by atoms with E-state index in [1.165, 1.54) is 0 Å². The number of primary amides is 1. The molecule has 2 amide bonds. The lowest BCUT2D eigenvalue weighted by atomic mass is 9.74. The van der Waals surface area contributed by atoms with Gasteiger partial charge in [-0.15, -0.1) is 0 Å². The molecule has 1 aliphatic carbocycles. The summed E-state index contributed by atoms with van der Waals surface area (Å²) in [5.41, 5.74) is 8.50.